The van der Waals surface area contributed by atoms with Gasteiger partial charge in [0, 0.05) is 73.9 Å². The van der Waals surface area contributed by atoms with Crippen molar-refractivity contribution in [3.63, 3.8) is 0 Å². The normalized spacial score (nSPS) is 29.7. The molecule has 3 aromatic carbocycles. The number of aromatic hydroxyl groups is 2. The Morgan fingerprint density at radius 2 is 1.63 bits per heavy atom. The zero-order chi connectivity index (χ0) is 44.0. The number of benzene rings is 3. The number of Topliss-reactive ketones (excluding diaryl/α,β-unsaturated/α-hetero) is 1. The standard InChI is InChI=1S/C45H54N4O11/c1-21-15-14-16-22(2)43(56)46-35-34-33(47-44(48-34)49(9)28-17-12-11-13-18-28)30-31(39(35)54)38(53)26(6)41-32(30)42(55)45(8,60-41)58-20-19-29(57-10)23(3)40(59-27(7)50)25(5)37(52)24(4)36(21)51/h11-21,23-25,29,36-37,40,51-54H,1-10H3,(H,46,56)(H,47,48)/b15-14+,20-19+,22-16-/t21-,23-,24-,25-,29+,36+,37+,40+,45+/m1/s1. The third-order valence-corrected chi connectivity index (χ3v) is 11.9. The van der Waals surface area contributed by atoms with Crippen molar-refractivity contribution in [2.45, 2.75) is 85.6 Å². The number of aromatic amines is 1. The van der Waals surface area contributed by atoms with Crippen molar-refractivity contribution >= 4 is 56.8 Å². The number of rotatable bonds is 4. The Labute approximate surface area is 348 Å². The maximum absolute atomic E-state index is 14.6. The van der Waals surface area contributed by atoms with Gasteiger partial charge >= 0.3 is 11.8 Å². The first-order chi connectivity index (χ1) is 28.3. The highest BCUT2D eigenvalue weighted by Crippen LogP contribution is 2.54. The van der Waals surface area contributed by atoms with E-state index in [0.29, 0.717) is 5.95 Å². The molecule has 0 saturated carbocycles. The molecule has 6 rings (SSSR count). The third-order valence-electron chi connectivity index (χ3n) is 11.9. The van der Waals surface area contributed by atoms with Crippen LogP contribution in [0.15, 0.2) is 66.5 Å². The van der Waals surface area contributed by atoms with Gasteiger partial charge in [-0.3, -0.25) is 14.4 Å². The predicted molar refractivity (Wildman–Crippen MR) is 226 cm³/mol. The number of hydrogen-bond donors (Lipinski definition) is 6. The van der Waals surface area contributed by atoms with Gasteiger partial charge in [-0.15, -0.1) is 0 Å². The number of fused-ring (bicyclic) bond motifs is 1. The highest BCUT2D eigenvalue weighted by Gasteiger charge is 2.50. The Hall–Kier alpha value is -5.90. The molecule has 4 bridgehead atoms. The van der Waals surface area contributed by atoms with Crippen LogP contribution in [0.25, 0.3) is 21.8 Å². The van der Waals surface area contributed by atoms with E-state index in [4.69, 9.17) is 23.9 Å². The maximum Gasteiger partial charge on any atom is 0.312 e. The molecule has 3 heterocycles. The van der Waals surface area contributed by atoms with Crippen LogP contribution in [0.3, 0.4) is 0 Å². The van der Waals surface area contributed by atoms with Crippen LogP contribution in [-0.2, 0) is 23.8 Å². The minimum Gasteiger partial charge on any atom is -0.507 e. The number of carbonyl (C=O) groups is 3. The van der Waals surface area contributed by atoms with Crippen LogP contribution in [0.1, 0.15) is 64.4 Å². The number of aliphatic hydroxyl groups is 2. The summed E-state index contributed by atoms with van der Waals surface area (Å²) in [6.45, 7) is 12.8. The molecule has 1 aromatic heterocycles. The van der Waals surface area contributed by atoms with Gasteiger partial charge < -0.3 is 54.6 Å². The summed E-state index contributed by atoms with van der Waals surface area (Å²) in [7, 11) is 3.23. The summed E-state index contributed by atoms with van der Waals surface area (Å²) in [4.78, 5) is 50.7. The van der Waals surface area contributed by atoms with E-state index < -0.39 is 83.0 Å². The number of anilines is 3. The van der Waals surface area contributed by atoms with Crippen molar-refractivity contribution in [3.05, 3.63) is 77.6 Å². The third kappa shape index (κ3) is 7.80. The quantitative estimate of drug-likeness (QED) is 0.0936. The van der Waals surface area contributed by atoms with Gasteiger partial charge in [0.15, 0.2) is 5.75 Å². The molecule has 15 heteroatoms. The maximum atomic E-state index is 14.6. The fourth-order valence-electron chi connectivity index (χ4n) is 8.14. The molecule has 0 spiro atoms. The number of ketones is 1. The monoisotopic (exact) mass is 826 g/mol. The molecule has 2 aliphatic heterocycles. The summed E-state index contributed by atoms with van der Waals surface area (Å²) < 4.78 is 23.9. The number of aromatic nitrogens is 2. The summed E-state index contributed by atoms with van der Waals surface area (Å²) in [6.07, 6.45) is 3.82. The van der Waals surface area contributed by atoms with E-state index in [1.807, 2.05) is 30.3 Å². The summed E-state index contributed by atoms with van der Waals surface area (Å²) in [5.41, 5.74) is 1.32. The molecule has 60 heavy (non-hydrogen) atoms. The van der Waals surface area contributed by atoms with Crippen molar-refractivity contribution < 1.29 is 53.8 Å². The first-order valence-corrected chi connectivity index (χ1v) is 19.9. The average molecular weight is 827 g/mol. The topological polar surface area (TPSA) is 213 Å². The molecule has 4 aromatic rings. The van der Waals surface area contributed by atoms with Gasteiger partial charge in [-0.1, -0.05) is 64.1 Å². The van der Waals surface area contributed by atoms with Crippen molar-refractivity contribution in [3.8, 4) is 17.2 Å². The second kappa shape index (κ2) is 17.0. The lowest BCUT2D eigenvalue weighted by Gasteiger charge is -2.38. The highest BCUT2D eigenvalue weighted by molar-refractivity contribution is 6.28. The van der Waals surface area contributed by atoms with E-state index >= 15 is 0 Å². The first kappa shape index (κ1) is 43.7. The molecule has 0 fully saturated rings. The van der Waals surface area contributed by atoms with E-state index in [-0.39, 0.29) is 49.9 Å². The lowest BCUT2D eigenvalue weighted by Crippen LogP contribution is -2.46. The number of ether oxygens (including phenoxy) is 4. The van der Waals surface area contributed by atoms with E-state index in [1.165, 1.54) is 40.2 Å². The van der Waals surface area contributed by atoms with Crippen molar-refractivity contribution in [1.29, 1.82) is 0 Å². The minimum absolute atomic E-state index is 0.00900. The van der Waals surface area contributed by atoms with Crippen molar-refractivity contribution in [1.82, 2.24) is 9.97 Å². The number of para-hydroxylation sites is 1. The highest BCUT2D eigenvalue weighted by atomic mass is 16.7. The van der Waals surface area contributed by atoms with Crippen LogP contribution in [0.2, 0.25) is 0 Å². The number of hydrogen-bond acceptors (Lipinski definition) is 13. The molecule has 0 unspecified atom stereocenters. The van der Waals surface area contributed by atoms with Gasteiger partial charge in [-0.2, -0.15) is 0 Å². The lowest BCUT2D eigenvalue weighted by molar-refractivity contribution is -0.160. The fourth-order valence-corrected chi connectivity index (χ4v) is 8.14. The van der Waals surface area contributed by atoms with E-state index in [0.717, 1.165) is 5.69 Å². The number of nitrogens with one attached hydrogen (secondary N) is 2. The van der Waals surface area contributed by atoms with E-state index in [2.05, 4.69) is 10.3 Å². The number of phenolic OH excluding ortho intramolecular Hbond substituents is 2. The lowest BCUT2D eigenvalue weighted by atomic mass is 9.78. The smallest absolute Gasteiger partial charge is 0.312 e. The molecule has 320 valence electrons. The van der Waals surface area contributed by atoms with Crippen LogP contribution in [0.4, 0.5) is 17.3 Å². The number of allylic oxidation sites excluding steroid dienone is 2. The predicted octanol–water partition coefficient (Wildman–Crippen LogP) is 6.69. The van der Waals surface area contributed by atoms with Gasteiger partial charge in [0.05, 0.1) is 41.0 Å². The molecule has 0 saturated heterocycles. The van der Waals surface area contributed by atoms with Crippen LogP contribution in [0.5, 0.6) is 17.2 Å². The number of imidazole rings is 1. The zero-order valence-corrected chi connectivity index (χ0v) is 35.4. The average Bonchev–Trinajstić information content (AvgIpc) is 3.78. The van der Waals surface area contributed by atoms with Crippen molar-refractivity contribution in [2.75, 3.05) is 24.4 Å². The first-order valence-electron chi connectivity index (χ1n) is 19.9. The number of amides is 1. The van der Waals surface area contributed by atoms with Gasteiger partial charge in [-0.25, -0.2) is 4.98 Å². The van der Waals surface area contributed by atoms with Gasteiger partial charge in [0.25, 0.3) is 11.7 Å². The summed E-state index contributed by atoms with van der Waals surface area (Å²) in [5, 5.41) is 49.4. The number of aliphatic hydroxyl groups excluding tert-OH is 2. The number of H-pyrrole nitrogens is 1. The Bertz CT molecular complexity index is 2410. The van der Waals surface area contributed by atoms with Crippen LogP contribution in [-0.4, -0.2) is 92.4 Å². The number of phenols is 2. The Morgan fingerprint density at radius 1 is 0.950 bits per heavy atom. The fraction of sp³-hybridized carbons (Fsp3) is 0.422. The van der Waals surface area contributed by atoms with Gasteiger partial charge in [-0.05, 0) is 32.1 Å². The Kier molecular flexibility index (Phi) is 12.4. The molecule has 0 aliphatic carbocycles. The Morgan fingerprint density at radius 3 is 2.28 bits per heavy atom. The molecule has 1 amide bonds. The van der Waals surface area contributed by atoms with Gasteiger partial charge in [0.1, 0.15) is 28.8 Å². The largest absolute Gasteiger partial charge is 0.507 e. The Balaban J connectivity index is 1.56. The summed E-state index contributed by atoms with van der Waals surface area (Å²) >= 11 is 0. The number of nitrogens with zero attached hydrogens (tertiary/aromatic N) is 2. The number of methoxy groups -OCH3 is 1. The SMILES string of the molecule is CO[C@H]1/C=C/O[C@@]2(C)Oc3c(C)c(O)c4c(O)c(c5[nH]c(N(C)c6ccccc6)nc5c4c3C2=O)NC(=O)/C(C)=C\C=C\[C@@H](C)[C@H](O)[C@@H](C)[C@H](O)[C@@H](C)[C@@H](OC(C)=O)[C@@H]1C. The second-order valence-electron chi connectivity index (χ2n) is 16.0. The second-order valence-corrected chi connectivity index (χ2v) is 16.0. The van der Waals surface area contributed by atoms with Crippen LogP contribution >= 0.6 is 0 Å². The molecule has 6 N–H and O–H groups in total. The van der Waals surface area contributed by atoms with E-state index in [9.17, 15) is 34.8 Å². The van der Waals surface area contributed by atoms with Crippen molar-refractivity contribution in [2.24, 2.45) is 23.7 Å². The molecular formula is C45H54N4O11. The van der Waals surface area contributed by atoms with Crippen LogP contribution in [0, 0.1) is 30.6 Å². The zero-order valence-electron chi connectivity index (χ0n) is 35.4. The summed E-state index contributed by atoms with van der Waals surface area (Å²) in [5.74, 6) is -6.85. The number of esters is 1. The van der Waals surface area contributed by atoms with Crippen LogP contribution < -0.4 is 15.0 Å². The minimum atomic E-state index is -1.98. The molecule has 9 atom stereocenters. The molecule has 0 radical (unpaired) electrons. The number of carbonyl (C=O) groups excluding carboxylic acids is 3. The van der Waals surface area contributed by atoms with Gasteiger partial charge in [0.2, 0.25) is 5.95 Å². The molecule has 2 aliphatic rings. The van der Waals surface area contributed by atoms with E-state index in [1.54, 1.807) is 64.8 Å². The summed E-state index contributed by atoms with van der Waals surface area (Å²) in [6, 6.07) is 9.32. The molecule has 15 nitrogen and oxygen atoms in total. The molecular weight excluding hydrogens is 773 g/mol.